The van der Waals surface area contributed by atoms with E-state index in [1.807, 2.05) is 24.3 Å². The van der Waals surface area contributed by atoms with Gasteiger partial charge in [-0.15, -0.1) is 0 Å². The van der Waals surface area contributed by atoms with Crippen LogP contribution >= 0.6 is 12.6 Å². The molecule has 0 aliphatic rings. The molecule has 4 N–H and O–H groups in total. The van der Waals surface area contributed by atoms with Gasteiger partial charge >= 0.3 is 11.9 Å². The maximum Gasteiger partial charge on any atom is 0.316 e. The van der Waals surface area contributed by atoms with Crippen LogP contribution in [0.25, 0.3) is 0 Å². The highest BCUT2D eigenvalue weighted by Crippen LogP contribution is 2.33. The van der Waals surface area contributed by atoms with Crippen LogP contribution in [-0.2, 0) is 15.0 Å². The van der Waals surface area contributed by atoms with Gasteiger partial charge in [-0.1, -0.05) is 38.1 Å². The average Bonchev–Trinajstić information content (AvgIpc) is 2.76. The molecule has 188 valence electrons. The van der Waals surface area contributed by atoms with Crippen LogP contribution in [0.15, 0.2) is 48.5 Å². The number of carboxylic acids is 2. The summed E-state index contributed by atoms with van der Waals surface area (Å²) in [6.45, 7) is 8.32. The zero-order valence-electron chi connectivity index (χ0n) is 19.8. The lowest BCUT2D eigenvalue weighted by molar-refractivity contribution is -0.142. The van der Waals surface area contributed by atoms with Gasteiger partial charge in [-0.05, 0) is 49.2 Å². The predicted molar refractivity (Wildman–Crippen MR) is 132 cm³/mol. The fourth-order valence-corrected chi connectivity index (χ4v) is 2.94. The molecule has 3 atom stereocenters. The fraction of sp³-hybridized carbons (Fsp3) is 0.440. The number of thiol groups is 1. The number of benzene rings is 2. The molecule has 8 nitrogen and oxygen atoms in total. The molecular formula is C25H34O8S. The van der Waals surface area contributed by atoms with Gasteiger partial charge in [-0.25, -0.2) is 0 Å². The van der Waals surface area contributed by atoms with Gasteiger partial charge in [0.2, 0.25) is 0 Å². The largest absolute Gasteiger partial charge is 0.491 e. The van der Waals surface area contributed by atoms with E-state index in [4.69, 9.17) is 19.7 Å². The minimum Gasteiger partial charge on any atom is -0.491 e. The number of rotatable bonds is 11. The fourth-order valence-electron chi connectivity index (χ4n) is 2.79. The maximum absolute atomic E-state index is 9.90. The molecule has 0 spiro atoms. The Kier molecular flexibility index (Phi) is 11.9. The van der Waals surface area contributed by atoms with Crippen molar-refractivity contribution >= 4 is 24.6 Å². The summed E-state index contributed by atoms with van der Waals surface area (Å²) in [6.07, 6.45) is -1.41. The van der Waals surface area contributed by atoms with Gasteiger partial charge in [-0.2, -0.15) is 12.6 Å². The highest BCUT2D eigenvalue weighted by Gasteiger charge is 2.23. The lowest BCUT2D eigenvalue weighted by Crippen LogP contribution is -2.19. The van der Waals surface area contributed by atoms with Crippen LogP contribution in [0.4, 0.5) is 0 Å². The van der Waals surface area contributed by atoms with Crippen LogP contribution in [0.2, 0.25) is 0 Å². The average molecular weight is 495 g/mol. The first kappa shape index (κ1) is 29.3. The molecular weight excluding hydrogens is 460 g/mol. The van der Waals surface area contributed by atoms with Gasteiger partial charge in [0.25, 0.3) is 0 Å². The van der Waals surface area contributed by atoms with E-state index >= 15 is 0 Å². The lowest BCUT2D eigenvalue weighted by Gasteiger charge is -2.26. The third-order valence-electron chi connectivity index (χ3n) is 4.79. The van der Waals surface area contributed by atoms with Gasteiger partial charge in [0.1, 0.15) is 30.0 Å². The summed E-state index contributed by atoms with van der Waals surface area (Å²) in [7, 11) is 0. The Labute approximate surface area is 205 Å². The van der Waals surface area contributed by atoms with Crippen molar-refractivity contribution in [2.75, 3.05) is 13.2 Å². The Hall–Kier alpha value is -2.75. The van der Waals surface area contributed by atoms with Crippen molar-refractivity contribution in [3.63, 3.8) is 0 Å². The second-order valence-corrected chi connectivity index (χ2v) is 9.07. The van der Waals surface area contributed by atoms with E-state index in [0.29, 0.717) is 0 Å². The number of aliphatic hydroxyl groups excluding tert-OH is 2. The van der Waals surface area contributed by atoms with Crippen LogP contribution in [0, 0.1) is 0 Å². The van der Waals surface area contributed by atoms with Crippen molar-refractivity contribution < 1.29 is 39.5 Å². The van der Waals surface area contributed by atoms with Crippen LogP contribution in [0.5, 0.6) is 11.5 Å². The molecule has 0 aliphatic carbocycles. The molecule has 34 heavy (non-hydrogen) atoms. The first-order valence-corrected chi connectivity index (χ1v) is 11.3. The van der Waals surface area contributed by atoms with Crippen LogP contribution < -0.4 is 9.47 Å². The SMILES string of the molecule is CC(O)COc1ccc(C(C)(C)c2ccc(OCC(C)O)cc2)cc1.O=C(O)CC(S)C(=O)O. The Bertz CT molecular complexity index is 835. The van der Waals surface area contributed by atoms with Crippen molar-refractivity contribution in [1.82, 2.24) is 0 Å². The van der Waals surface area contributed by atoms with Gasteiger partial charge < -0.3 is 29.9 Å². The smallest absolute Gasteiger partial charge is 0.316 e. The quantitative estimate of drug-likeness (QED) is 0.300. The Morgan fingerprint density at radius 3 is 1.41 bits per heavy atom. The normalized spacial score (nSPS) is 13.6. The number of hydrogen-bond donors (Lipinski definition) is 5. The van der Waals surface area contributed by atoms with Crippen molar-refractivity contribution in [2.45, 2.75) is 57.0 Å². The zero-order chi connectivity index (χ0) is 25.9. The molecule has 3 unspecified atom stereocenters. The first-order chi connectivity index (χ1) is 15.8. The van der Waals surface area contributed by atoms with E-state index < -0.39 is 35.8 Å². The molecule has 0 heterocycles. The first-order valence-electron chi connectivity index (χ1n) is 10.8. The summed E-state index contributed by atoms with van der Waals surface area (Å²) in [5, 5.41) is 33.6. The summed E-state index contributed by atoms with van der Waals surface area (Å²) < 4.78 is 11.0. The van der Waals surface area contributed by atoms with Crippen molar-refractivity contribution in [2.24, 2.45) is 0 Å². The molecule has 0 amide bonds. The number of carbonyl (C=O) groups is 2. The minimum absolute atomic E-state index is 0.161. The van der Waals surface area contributed by atoms with E-state index in [0.717, 1.165) is 11.5 Å². The van der Waals surface area contributed by atoms with Crippen molar-refractivity contribution in [3.8, 4) is 11.5 Å². The summed E-state index contributed by atoms with van der Waals surface area (Å²) >= 11 is 3.48. The molecule has 0 aromatic heterocycles. The summed E-state index contributed by atoms with van der Waals surface area (Å²) in [5.41, 5.74) is 2.19. The van der Waals surface area contributed by atoms with Gasteiger partial charge in [-0.3, -0.25) is 9.59 Å². The van der Waals surface area contributed by atoms with E-state index in [2.05, 4.69) is 50.7 Å². The topological polar surface area (TPSA) is 134 Å². The maximum atomic E-state index is 9.90. The number of hydrogen-bond acceptors (Lipinski definition) is 7. The Balaban J connectivity index is 0.000000546. The third-order valence-corrected chi connectivity index (χ3v) is 5.19. The van der Waals surface area contributed by atoms with Gasteiger partial charge in [0.15, 0.2) is 0 Å². The zero-order valence-corrected chi connectivity index (χ0v) is 20.7. The molecule has 0 bridgehead atoms. The Morgan fingerprint density at radius 2 is 1.18 bits per heavy atom. The summed E-state index contributed by atoms with van der Waals surface area (Å²) in [4.78, 5) is 19.7. The number of carboxylic acid groups (broad SMARTS) is 2. The second kappa shape index (κ2) is 13.8. The van der Waals surface area contributed by atoms with Crippen molar-refractivity contribution in [3.05, 3.63) is 59.7 Å². The third kappa shape index (κ3) is 10.5. The number of aliphatic hydroxyl groups is 2. The number of aliphatic carboxylic acids is 2. The molecule has 9 heteroatoms. The monoisotopic (exact) mass is 494 g/mol. The summed E-state index contributed by atoms with van der Waals surface area (Å²) in [5.74, 6) is -0.859. The van der Waals surface area contributed by atoms with Gasteiger partial charge in [0.05, 0.1) is 18.6 Å². The van der Waals surface area contributed by atoms with Crippen molar-refractivity contribution in [1.29, 1.82) is 0 Å². The molecule has 0 saturated heterocycles. The molecule has 2 aromatic rings. The molecule has 0 radical (unpaired) electrons. The van der Waals surface area contributed by atoms with E-state index in [1.165, 1.54) is 11.1 Å². The van der Waals surface area contributed by atoms with Crippen LogP contribution in [0.3, 0.4) is 0 Å². The molecule has 0 saturated carbocycles. The molecule has 2 rings (SSSR count). The highest BCUT2D eigenvalue weighted by molar-refractivity contribution is 7.81. The van der Waals surface area contributed by atoms with Gasteiger partial charge in [0, 0.05) is 5.41 Å². The Morgan fingerprint density at radius 1 is 0.824 bits per heavy atom. The summed E-state index contributed by atoms with van der Waals surface area (Å²) in [6, 6.07) is 15.9. The van der Waals surface area contributed by atoms with E-state index in [-0.39, 0.29) is 18.6 Å². The predicted octanol–water partition coefficient (Wildman–Crippen LogP) is 3.38. The minimum atomic E-state index is -1.21. The van der Waals surface area contributed by atoms with Crippen LogP contribution in [-0.4, -0.2) is 63.0 Å². The van der Waals surface area contributed by atoms with Crippen LogP contribution in [0.1, 0.15) is 45.2 Å². The van der Waals surface area contributed by atoms with E-state index in [9.17, 15) is 19.8 Å². The molecule has 0 fully saturated rings. The second-order valence-electron chi connectivity index (χ2n) is 8.45. The lowest BCUT2D eigenvalue weighted by atomic mass is 9.78. The standard InChI is InChI=1S/C21H28O4.C4H6O4S/c1-15(22)13-24-19-9-5-17(6-10-19)21(3,4)18-7-11-20(12-8-18)25-14-16(2)23;5-3(6)1-2(9)4(7)8/h5-12,15-16,22-23H,13-14H2,1-4H3;2,9H,1H2,(H,5,6)(H,7,8). The highest BCUT2D eigenvalue weighted by atomic mass is 32.1. The van der Waals surface area contributed by atoms with E-state index in [1.54, 1.807) is 13.8 Å². The molecule has 0 aliphatic heterocycles. The molecule has 2 aromatic carbocycles. The number of ether oxygens (including phenoxy) is 2.